The molecule has 0 spiro atoms. The summed E-state index contributed by atoms with van der Waals surface area (Å²) in [5.41, 5.74) is 0.932. The van der Waals surface area contributed by atoms with Crippen molar-refractivity contribution in [2.24, 2.45) is 0 Å². The van der Waals surface area contributed by atoms with Gasteiger partial charge < -0.3 is 28.1 Å². The van der Waals surface area contributed by atoms with E-state index in [1.54, 1.807) is 18.2 Å². The van der Waals surface area contributed by atoms with Crippen LogP contribution in [-0.4, -0.2) is 17.9 Å². The molecule has 1 aromatic heterocycles. The predicted molar refractivity (Wildman–Crippen MR) is 157 cm³/mol. The van der Waals surface area contributed by atoms with Crippen LogP contribution in [0.25, 0.3) is 22.3 Å². The zero-order valence-corrected chi connectivity index (χ0v) is 23.7. The molecule has 0 aliphatic carbocycles. The van der Waals surface area contributed by atoms with E-state index in [4.69, 9.17) is 28.1 Å². The van der Waals surface area contributed by atoms with E-state index in [0.717, 1.165) is 25.0 Å². The molecule has 1 aliphatic rings. The number of rotatable bonds is 6. The van der Waals surface area contributed by atoms with Crippen LogP contribution in [0.1, 0.15) is 31.9 Å². The van der Waals surface area contributed by atoms with E-state index < -0.39 is 34.9 Å². The highest BCUT2D eigenvalue weighted by Gasteiger charge is 2.45. The molecule has 0 bridgehead atoms. The van der Waals surface area contributed by atoms with Gasteiger partial charge in [0, 0.05) is 49.6 Å². The second kappa shape index (κ2) is 11.1. The molecular formula is C34H24O10. The molecule has 5 aromatic rings. The number of esters is 3. The first-order valence-corrected chi connectivity index (χ1v) is 13.5. The maximum absolute atomic E-state index is 13.8. The number of hydrogen-bond acceptors (Lipinski definition) is 10. The lowest BCUT2D eigenvalue weighted by molar-refractivity contribution is -0.133. The van der Waals surface area contributed by atoms with Gasteiger partial charge in [0.2, 0.25) is 11.2 Å². The normalized spacial score (nSPS) is 12.9. The van der Waals surface area contributed by atoms with E-state index in [2.05, 4.69) is 0 Å². The predicted octanol–water partition coefficient (Wildman–Crippen LogP) is 5.91. The maximum Gasteiger partial charge on any atom is 0.308 e. The Morgan fingerprint density at radius 3 is 1.84 bits per heavy atom. The summed E-state index contributed by atoms with van der Waals surface area (Å²) in [5, 5.41) is -0.191. The SMILES string of the molecule is CC(=O)Oc1cc(OC(C)=O)c2c(=O)c(OC(C)=O)c(-c3ccc4c(c3)OC(c3ccccc3)(c3ccccc3)O4)oc2c1. The van der Waals surface area contributed by atoms with Crippen molar-refractivity contribution >= 4 is 28.9 Å². The van der Waals surface area contributed by atoms with Crippen LogP contribution < -0.4 is 29.1 Å². The molecule has 0 fully saturated rings. The molecule has 220 valence electrons. The summed E-state index contributed by atoms with van der Waals surface area (Å²) in [7, 11) is 0. The summed E-state index contributed by atoms with van der Waals surface area (Å²) in [5.74, 6) is -3.52. The molecule has 4 aromatic carbocycles. The highest BCUT2D eigenvalue weighted by molar-refractivity contribution is 5.92. The minimum atomic E-state index is -1.30. The molecule has 1 aliphatic heterocycles. The molecule has 6 rings (SSSR count). The lowest BCUT2D eigenvalue weighted by Gasteiger charge is -2.28. The van der Waals surface area contributed by atoms with Crippen LogP contribution in [0, 0.1) is 0 Å². The molecule has 10 heteroatoms. The Kier molecular flexibility index (Phi) is 7.10. The molecule has 0 saturated heterocycles. The zero-order chi connectivity index (χ0) is 31.0. The molecule has 0 N–H and O–H groups in total. The smallest absolute Gasteiger partial charge is 0.308 e. The zero-order valence-electron chi connectivity index (χ0n) is 23.7. The van der Waals surface area contributed by atoms with Crippen LogP contribution in [0.3, 0.4) is 0 Å². The Bertz CT molecular complexity index is 1960. The Balaban J connectivity index is 1.53. The standard InChI is InChI=1S/C34H24O10/c1-19(35)39-25-17-28(40-20(2)36)30-29(18-25)42-32(33(31(30)38)41-21(3)37)22-14-15-26-27(16-22)44-34(43-26,23-10-6-4-7-11-23)24-12-8-5-9-13-24/h4-18H,1-3H3. The van der Waals surface area contributed by atoms with Crippen LogP contribution in [-0.2, 0) is 20.2 Å². The fourth-order valence-electron chi connectivity index (χ4n) is 4.99. The van der Waals surface area contributed by atoms with Crippen LogP contribution in [0.2, 0.25) is 0 Å². The number of carbonyl (C=O) groups is 3. The molecule has 10 nitrogen and oxygen atoms in total. The van der Waals surface area contributed by atoms with Crippen molar-refractivity contribution in [3.63, 3.8) is 0 Å². The first kappa shape index (κ1) is 28.2. The van der Waals surface area contributed by atoms with Gasteiger partial charge in [0.15, 0.2) is 17.3 Å². The molecule has 2 heterocycles. The number of carbonyl (C=O) groups excluding carboxylic acids is 3. The second-order valence-electron chi connectivity index (χ2n) is 9.88. The van der Waals surface area contributed by atoms with Crippen molar-refractivity contribution in [2.45, 2.75) is 26.6 Å². The third kappa shape index (κ3) is 5.13. The van der Waals surface area contributed by atoms with Gasteiger partial charge in [-0.3, -0.25) is 19.2 Å². The van der Waals surface area contributed by atoms with Crippen molar-refractivity contribution < 1.29 is 42.5 Å². The Labute approximate surface area is 250 Å². The molecule has 0 amide bonds. The largest absolute Gasteiger partial charge is 0.452 e. The van der Waals surface area contributed by atoms with E-state index in [1.165, 1.54) is 19.1 Å². The summed E-state index contributed by atoms with van der Waals surface area (Å²) in [6, 6.07) is 26.2. The van der Waals surface area contributed by atoms with E-state index in [0.29, 0.717) is 17.1 Å². The van der Waals surface area contributed by atoms with Crippen molar-refractivity contribution in [2.75, 3.05) is 0 Å². The van der Waals surface area contributed by atoms with Gasteiger partial charge in [0.25, 0.3) is 0 Å². The minimum absolute atomic E-state index is 0.0308. The van der Waals surface area contributed by atoms with Crippen molar-refractivity contribution in [1.82, 2.24) is 0 Å². The summed E-state index contributed by atoms with van der Waals surface area (Å²) >= 11 is 0. The Hall–Kier alpha value is -5.90. The van der Waals surface area contributed by atoms with Gasteiger partial charge in [-0.05, 0) is 18.2 Å². The van der Waals surface area contributed by atoms with Gasteiger partial charge >= 0.3 is 23.7 Å². The highest BCUT2D eigenvalue weighted by atomic mass is 16.7. The molecule has 0 atom stereocenters. The first-order chi connectivity index (χ1) is 21.1. The molecule has 0 saturated carbocycles. The summed E-state index contributed by atoms with van der Waals surface area (Å²) < 4.78 is 34.9. The van der Waals surface area contributed by atoms with E-state index >= 15 is 0 Å². The average Bonchev–Trinajstić information content (AvgIpc) is 3.39. The van der Waals surface area contributed by atoms with Crippen LogP contribution in [0.4, 0.5) is 0 Å². The van der Waals surface area contributed by atoms with Crippen LogP contribution in [0.5, 0.6) is 28.7 Å². The quantitative estimate of drug-likeness (QED) is 0.173. The van der Waals surface area contributed by atoms with E-state index in [1.807, 2.05) is 60.7 Å². The third-order valence-electron chi connectivity index (χ3n) is 6.67. The van der Waals surface area contributed by atoms with Gasteiger partial charge in [0.1, 0.15) is 22.5 Å². The molecule has 0 radical (unpaired) electrons. The van der Waals surface area contributed by atoms with Gasteiger partial charge in [-0.2, -0.15) is 0 Å². The highest BCUT2D eigenvalue weighted by Crippen LogP contribution is 2.49. The van der Waals surface area contributed by atoms with Crippen molar-refractivity contribution in [3.05, 3.63) is 112 Å². The third-order valence-corrected chi connectivity index (χ3v) is 6.67. The van der Waals surface area contributed by atoms with Crippen molar-refractivity contribution in [1.29, 1.82) is 0 Å². The van der Waals surface area contributed by atoms with Gasteiger partial charge in [0.05, 0.1) is 0 Å². The minimum Gasteiger partial charge on any atom is -0.452 e. The summed E-state index contributed by atoms with van der Waals surface area (Å²) in [6.45, 7) is 3.47. The van der Waals surface area contributed by atoms with Crippen LogP contribution in [0.15, 0.2) is 100 Å². The van der Waals surface area contributed by atoms with E-state index in [9.17, 15) is 19.2 Å². The Morgan fingerprint density at radius 2 is 1.25 bits per heavy atom. The Morgan fingerprint density at radius 1 is 0.659 bits per heavy atom. The topological polar surface area (TPSA) is 128 Å². The lowest BCUT2D eigenvalue weighted by Crippen LogP contribution is -2.36. The van der Waals surface area contributed by atoms with Gasteiger partial charge in [-0.15, -0.1) is 0 Å². The summed E-state index contributed by atoms with van der Waals surface area (Å²) in [4.78, 5) is 49.4. The molecule has 0 unspecified atom stereocenters. The maximum atomic E-state index is 13.8. The number of hydrogen-bond donors (Lipinski definition) is 0. The van der Waals surface area contributed by atoms with Crippen molar-refractivity contribution in [3.8, 4) is 40.1 Å². The number of ether oxygens (including phenoxy) is 5. The number of fused-ring (bicyclic) bond motifs is 2. The average molecular weight is 593 g/mol. The molecular weight excluding hydrogens is 568 g/mol. The fourth-order valence-corrected chi connectivity index (χ4v) is 4.99. The first-order valence-electron chi connectivity index (χ1n) is 13.5. The van der Waals surface area contributed by atoms with Gasteiger partial charge in [-0.25, -0.2) is 0 Å². The van der Waals surface area contributed by atoms with Gasteiger partial charge in [-0.1, -0.05) is 60.7 Å². The van der Waals surface area contributed by atoms with E-state index in [-0.39, 0.29) is 28.2 Å². The number of benzene rings is 4. The van der Waals surface area contributed by atoms with Crippen LogP contribution >= 0.6 is 0 Å². The second-order valence-corrected chi connectivity index (χ2v) is 9.88. The lowest BCUT2D eigenvalue weighted by atomic mass is 9.97. The summed E-state index contributed by atoms with van der Waals surface area (Å²) in [6.07, 6.45) is 0. The monoisotopic (exact) mass is 592 g/mol. The fraction of sp³-hybridized carbons (Fsp3) is 0.118. The molecule has 44 heavy (non-hydrogen) atoms.